The lowest BCUT2D eigenvalue weighted by molar-refractivity contribution is -0.153. The van der Waals surface area contributed by atoms with Gasteiger partial charge in [0.2, 0.25) is 5.91 Å². The van der Waals surface area contributed by atoms with Gasteiger partial charge in [-0.3, -0.25) is 9.59 Å². The molecule has 1 aromatic rings. The number of carboxylic acid groups (broad SMARTS) is 1. The van der Waals surface area contributed by atoms with E-state index in [1.165, 1.54) is 13.8 Å². The highest BCUT2D eigenvalue weighted by Crippen LogP contribution is 2.17. The van der Waals surface area contributed by atoms with Crippen molar-refractivity contribution in [1.82, 2.24) is 5.32 Å². The zero-order chi connectivity index (χ0) is 14.6. The maximum absolute atomic E-state index is 11.7. The second-order valence-electron chi connectivity index (χ2n) is 5.01. The number of amides is 1. The second kappa shape index (κ2) is 6.19. The summed E-state index contributed by atoms with van der Waals surface area (Å²) in [7, 11) is 0. The van der Waals surface area contributed by atoms with Crippen molar-refractivity contribution in [2.24, 2.45) is 5.41 Å². The van der Waals surface area contributed by atoms with Crippen LogP contribution in [0.25, 0.3) is 0 Å². The lowest BCUT2D eigenvalue weighted by atomic mass is 9.92. The minimum absolute atomic E-state index is 0.423. The van der Waals surface area contributed by atoms with Gasteiger partial charge in [0, 0.05) is 11.0 Å². The number of carbonyl (C=O) groups is 2. The van der Waals surface area contributed by atoms with E-state index in [0.29, 0.717) is 13.0 Å². The predicted molar refractivity (Wildman–Crippen MR) is 77.0 cm³/mol. The van der Waals surface area contributed by atoms with E-state index in [-0.39, 0.29) is 0 Å². The van der Waals surface area contributed by atoms with E-state index in [4.69, 9.17) is 5.11 Å². The molecule has 0 aliphatic heterocycles. The average molecular weight is 328 g/mol. The Balaban J connectivity index is 2.58. The number of aryl methyl sites for hydroxylation is 1. The number of aliphatic carboxylic acids is 1. The molecule has 5 heteroatoms. The predicted octanol–water partition coefficient (Wildman–Crippen LogP) is 2.53. The summed E-state index contributed by atoms with van der Waals surface area (Å²) in [4.78, 5) is 22.7. The number of hydrogen-bond donors (Lipinski definition) is 2. The number of rotatable bonds is 5. The maximum atomic E-state index is 11.7. The van der Waals surface area contributed by atoms with Crippen molar-refractivity contribution >= 4 is 27.8 Å². The molecular formula is C14H18BrNO3. The fourth-order valence-electron chi connectivity index (χ4n) is 1.54. The summed E-state index contributed by atoms with van der Waals surface area (Å²) in [6, 6.07) is 5.97. The highest BCUT2D eigenvalue weighted by molar-refractivity contribution is 9.10. The SMILES string of the molecule is Cc1ccc(Br)cc1CCNC(=O)C(C)(C)C(=O)O. The van der Waals surface area contributed by atoms with Crippen LogP contribution in [0.3, 0.4) is 0 Å². The third-order valence-corrected chi connectivity index (χ3v) is 3.59. The Bertz CT molecular complexity index is 497. The van der Waals surface area contributed by atoms with Gasteiger partial charge in [-0.1, -0.05) is 22.0 Å². The van der Waals surface area contributed by atoms with E-state index in [0.717, 1.165) is 15.6 Å². The van der Waals surface area contributed by atoms with Gasteiger partial charge >= 0.3 is 5.97 Å². The van der Waals surface area contributed by atoms with Crippen LogP contribution in [0.4, 0.5) is 0 Å². The molecule has 0 aromatic heterocycles. The van der Waals surface area contributed by atoms with Gasteiger partial charge in [0.1, 0.15) is 5.41 Å². The lowest BCUT2D eigenvalue weighted by Crippen LogP contribution is -2.43. The molecule has 1 rings (SSSR count). The minimum atomic E-state index is -1.40. The van der Waals surface area contributed by atoms with Crippen molar-refractivity contribution in [1.29, 1.82) is 0 Å². The third-order valence-electron chi connectivity index (χ3n) is 3.09. The summed E-state index contributed by atoms with van der Waals surface area (Å²) < 4.78 is 0.991. The van der Waals surface area contributed by atoms with Gasteiger partial charge < -0.3 is 10.4 Å². The quantitative estimate of drug-likeness (QED) is 0.816. The summed E-state index contributed by atoms with van der Waals surface area (Å²) in [5.74, 6) is -1.59. The molecule has 0 radical (unpaired) electrons. The smallest absolute Gasteiger partial charge is 0.318 e. The molecule has 0 unspecified atom stereocenters. The third kappa shape index (κ3) is 4.06. The lowest BCUT2D eigenvalue weighted by Gasteiger charge is -2.18. The zero-order valence-corrected chi connectivity index (χ0v) is 12.9. The van der Waals surface area contributed by atoms with E-state index in [2.05, 4.69) is 21.2 Å². The van der Waals surface area contributed by atoms with E-state index >= 15 is 0 Å². The molecule has 0 saturated heterocycles. The molecule has 1 aromatic carbocycles. The Morgan fingerprint density at radius 3 is 2.58 bits per heavy atom. The number of halogens is 1. The monoisotopic (exact) mass is 327 g/mol. The summed E-state index contributed by atoms with van der Waals surface area (Å²) in [6.07, 6.45) is 0.673. The van der Waals surface area contributed by atoms with Gasteiger partial charge in [-0.15, -0.1) is 0 Å². The Hall–Kier alpha value is -1.36. The Kier molecular flexibility index (Phi) is 5.11. The molecule has 0 heterocycles. The Morgan fingerprint density at radius 1 is 1.37 bits per heavy atom. The van der Waals surface area contributed by atoms with Crippen LogP contribution in [0, 0.1) is 12.3 Å². The summed E-state index contributed by atoms with van der Waals surface area (Å²) in [5, 5.41) is 11.6. The van der Waals surface area contributed by atoms with Crippen molar-refractivity contribution in [3.05, 3.63) is 33.8 Å². The molecule has 0 aliphatic rings. The zero-order valence-electron chi connectivity index (χ0n) is 11.3. The fraction of sp³-hybridized carbons (Fsp3) is 0.429. The molecular weight excluding hydrogens is 310 g/mol. The number of carbonyl (C=O) groups excluding carboxylic acids is 1. The molecule has 4 nitrogen and oxygen atoms in total. The molecule has 0 spiro atoms. The highest BCUT2D eigenvalue weighted by atomic mass is 79.9. The van der Waals surface area contributed by atoms with Crippen molar-refractivity contribution < 1.29 is 14.7 Å². The van der Waals surface area contributed by atoms with Crippen molar-refractivity contribution in [3.63, 3.8) is 0 Å². The van der Waals surface area contributed by atoms with Crippen molar-refractivity contribution in [2.75, 3.05) is 6.54 Å². The first-order valence-electron chi connectivity index (χ1n) is 6.02. The first-order chi connectivity index (χ1) is 8.75. The highest BCUT2D eigenvalue weighted by Gasteiger charge is 2.35. The molecule has 0 aliphatic carbocycles. The molecule has 19 heavy (non-hydrogen) atoms. The van der Waals surface area contributed by atoms with Crippen LogP contribution < -0.4 is 5.32 Å². The summed E-state index contributed by atoms with van der Waals surface area (Å²) in [6.45, 7) is 5.22. The molecule has 2 N–H and O–H groups in total. The molecule has 0 atom stereocenters. The van der Waals surface area contributed by atoms with Crippen LogP contribution in [0.5, 0.6) is 0 Å². The standard InChI is InChI=1S/C14H18BrNO3/c1-9-4-5-11(15)8-10(9)6-7-16-12(17)14(2,3)13(18)19/h4-5,8H,6-7H2,1-3H3,(H,16,17)(H,18,19). The normalized spacial score (nSPS) is 11.2. The van der Waals surface area contributed by atoms with Crippen molar-refractivity contribution in [2.45, 2.75) is 27.2 Å². The Labute approximate surface area is 121 Å². The topological polar surface area (TPSA) is 66.4 Å². The minimum Gasteiger partial charge on any atom is -0.480 e. The van der Waals surface area contributed by atoms with E-state index in [1.54, 1.807) is 0 Å². The van der Waals surface area contributed by atoms with E-state index in [1.807, 2.05) is 25.1 Å². The first-order valence-corrected chi connectivity index (χ1v) is 6.81. The largest absolute Gasteiger partial charge is 0.480 e. The van der Waals surface area contributed by atoms with E-state index < -0.39 is 17.3 Å². The number of carboxylic acids is 1. The molecule has 0 bridgehead atoms. The summed E-state index contributed by atoms with van der Waals surface area (Å²) in [5.41, 5.74) is 0.879. The first kappa shape index (κ1) is 15.7. The van der Waals surface area contributed by atoms with Gasteiger partial charge in [0.05, 0.1) is 0 Å². The summed E-state index contributed by atoms with van der Waals surface area (Å²) >= 11 is 3.40. The van der Waals surface area contributed by atoms with E-state index in [9.17, 15) is 9.59 Å². The maximum Gasteiger partial charge on any atom is 0.318 e. The second-order valence-corrected chi connectivity index (χ2v) is 5.92. The van der Waals surface area contributed by atoms with Crippen LogP contribution in [0.2, 0.25) is 0 Å². The molecule has 0 saturated carbocycles. The average Bonchev–Trinajstić information content (AvgIpc) is 2.33. The molecule has 1 amide bonds. The van der Waals surface area contributed by atoms with Crippen LogP contribution in [-0.2, 0) is 16.0 Å². The Morgan fingerprint density at radius 2 is 2.00 bits per heavy atom. The van der Waals surface area contributed by atoms with Gasteiger partial charge in [0.25, 0.3) is 0 Å². The number of benzene rings is 1. The van der Waals surface area contributed by atoms with Crippen LogP contribution >= 0.6 is 15.9 Å². The molecule has 104 valence electrons. The van der Waals surface area contributed by atoms with Gasteiger partial charge in [-0.25, -0.2) is 0 Å². The number of nitrogens with one attached hydrogen (secondary N) is 1. The van der Waals surface area contributed by atoms with Gasteiger partial charge in [-0.2, -0.15) is 0 Å². The van der Waals surface area contributed by atoms with Crippen LogP contribution in [-0.4, -0.2) is 23.5 Å². The van der Waals surface area contributed by atoms with Crippen LogP contribution in [0.15, 0.2) is 22.7 Å². The van der Waals surface area contributed by atoms with Crippen LogP contribution in [0.1, 0.15) is 25.0 Å². The fourth-order valence-corrected chi connectivity index (χ4v) is 1.95. The van der Waals surface area contributed by atoms with Gasteiger partial charge in [0.15, 0.2) is 0 Å². The van der Waals surface area contributed by atoms with Crippen molar-refractivity contribution in [3.8, 4) is 0 Å². The molecule has 0 fully saturated rings. The number of hydrogen-bond acceptors (Lipinski definition) is 2. The van der Waals surface area contributed by atoms with Gasteiger partial charge in [-0.05, 0) is 50.5 Å².